The van der Waals surface area contributed by atoms with E-state index in [9.17, 15) is 4.79 Å². The van der Waals surface area contributed by atoms with Gasteiger partial charge in [0.2, 0.25) is 5.95 Å². The molecule has 5 rings (SSSR count). The van der Waals surface area contributed by atoms with Gasteiger partial charge in [0.15, 0.2) is 11.4 Å². The summed E-state index contributed by atoms with van der Waals surface area (Å²) in [6, 6.07) is 6.04. The number of nitrogens with zero attached hydrogens (tertiary/aromatic N) is 4. The van der Waals surface area contributed by atoms with Gasteiger partial charge in [0.1, 0.15) is 0 Å². The van der Waals surface area contributed by atoms with Gasteiger partial charge in [-0.05, 0) is 42.5 Å². The quantitative estimate of drug-likeness (QED) is 0.590. The number of fused-ring (bicyclic) bond motifs is 2. The Morgan fingerprint density at radius 2 is 2.23 bits per heavy atom. The van der Waals surface area contributed by atoms with Crippen LogP contribution in [0.25, 0.3) is 11.0 Å². The van der Waals surface area contributed by atoms with Gasteiger partial charge in [-0.1, -0.05) is 28.9 Å². The van der Waals surface area contributed by atoms with Crippen molar-refractivity contribution >= 4 is 38.7 Å². The fourth-order valence-electron chi connectivity index (χ4n) is 4.39. The van der Waals surface area contributed by atoms with Crippen LogP contribution in [0.3, 0.4) is 0 Å². The highest BCUT2D eigenvalue weighted by atomic mass is 79.9. The number of nitrogens with one attached hydrogen (secondary N) is 1. The lowest BCUT2D eigenvalue weighted by Crippen LogP contribution is -2.20. The lowest BCUT2D eigenvalue weighted by Gasteiger charge is -2.14. The second-order valence-corrected chi connectivity index (χ2v) is 8.91. The first-order valence-corrected chi connectivity index (χ1v) is 11.3. The first-order chi connectivity index (χ1) is 14.6. The fourth-order valence-corrected chi connectivity index (χ4v) is 4.76. The number of halogens is 1. The number of carbonyl (C=O) groups is 1. The summed E-state index contributed by atoms with van der Waals surface area (Å²) in [6.07, 6.45) is 5.67. The molecule has 2 atom stereocenters. The molecule has 1 aromatic carbocycles. The lowest BCUT2D eigenvalue weighted by atomic mass is 9.95. The van der Waals surface area contributed by atoms with Gasteiger partial charge in [-0.15, -0.1) is 0 Å². The molecule has 0 radical (unpaired) electrons. The molecule has 1 saturated heterocycles. The molecule has 0 saturated carbocycles. The summed E-state index contributed by atoms with van der Waals surface area (Å²) in [7, 11) is 0. The van der Waals surface area contributed by atoms with Crippen LogP contribution in [0.15, 0.2) is 28.9 Å². The van der Waals surface area contributed by atoms with Crippen molar-refractivity contribution in [2.45, 2.75) is 51.2 Å². The molecular formula is C22H24BrN5O2. The van der Waals surface area contributed by atoms with Crippen LogP contribution < -0.4 is 5.32 Å². The molecule has 1 aliphatic carbocycles. The van der Waals surface area contributed by atoms with Crippen LogP contribution in [-0.2, 0) is 22.5 Å². The Balaban J connectivity index is 1.58. The summed E-state index contributed by atoms with van der Waals surface area (Å²) < 4.78 is 8.57. The van der Waals surface area contributed by atoms with Crippen molar-refractivity contribution in [3.05, 3.63) is 45.7 Å². The highest BCUT2D eigenvalue weighted by molar-refractivity contribution is 9.10. The Labute approximate surface area is 183 Å². The zero-order valence-corrected chi connectivity index (χ0v) is 18.5. The molecule has 1 unspecified atom stereocenters. The zero-order chi connectivity index (χ0) is 20.7. The van der Waals surface area contributed by atoms with Crippen molar-refractivity contribution in [1.82, 2.24) is 19.7 Å². The summed E-state index contributed by atoms with van der Waals surface area (Å²) >= 11 is 3.55. The van der Waals surface area contributed by atoms with Crippen LogP contribution >= 0.6 is 15.9 Å². The summed E-state index contributed by atoms with van der Waals surface area (Å²) in [4.78, 5) is 22.5. The number of ether oxygens (including phenoxy) is 1. The summed E-state index contributed by atoms with van der Waals surface area (Å²) in [5, 5.41) is 8.81. The molecular weight excluding hydrogens is 446 g/mol. The third kappa shape index (κ3) is 3.63. The van der Waals surface area contributed by atoms with Crippen molar-refractivity contribution < 1.29 is 9.53 Å². The van der Waals surface area contributed by atoms with Gasteiger partial charge in [0, 0.05) is 36.8 Å². The Morgan fingerprint density at radius 3 is 3.03 bits per heavy atom. The van der Waals surface area contributed by atoms with E-state index in [1.54, 1.807) is 0 Å². The van der Waals surface area contributed by atoms with E-state index >= 15 is 0 Å². The summed E-state index contributed by atoms with van der Waals surface area (Å²) in [5.74, 6) is 0.271. The van der Waals surface area contributed by atoms with Crippen LogP contribution in [0.2, 0.25) is 0 Å². The second-order valence-electron chi connectivity index (χ2n) is 8.00. The molecule has 1 N–H and O–H groups in total. The Kier molecular flexibility index (Phi) is 5.28. The van der Waals surface area contributed by atoms with Crippen LogP contribution in [0, 0.1) is 0 Å². The predicted molar refractivity (Wildman–Crippen MR) is 118 cm³/mol. The number of hydrogen-bond donors (Lipinski definition) is 1. The normalized spacial score (nSPS) is 20.8. The molecule has 3 heterocycles. The van der Waals surface area contributed by atoms with E-state index in [0.29, 0.717) is 24.6 Å². The number of aromatic nitrogens is 4. The second kappa shape index (κ2) is 8.07. The SMILES string of the molecule is CCCn1cc2c(C3C(=O)Cc4ccc(Br)cc43)nc(NC[C@H]3CCCO3)nc2n1. The number of carbonyl (C=O) groups excluding carboxylic acids is 1. The van der Waals surface area contributed by atoms with Gasteiger partial charge < -0.3 is 10.1 Å². The molecule has 30 heavy (non-hydrogen) atoms. The number of aryl methyl sites for hydroxylation is 1. The van der Waals surface area contributed by atoms with Crippen LogP contribution in [0.4, 0.5) is 5.95 Å². The molecule has 0 spiro atoms. The maximum absolute atomic E-state index is 13.1. The monoisotopic (exact) mass is 469 g/mol. The van der Waals surface area contributed by atoms with Crippen molar-refractivity contribution in [2.24, 2.45) is 0 Å². The first kappa shape index (κ1) is 19.6. The van der Waals surface area contributed by atoms with E-state index in [0.717, 1.165) is 59.1 Å². The topological polar surface area (TPSA) is 81.9 Å². The van der Waals surface area contributed by atoms with Gasteiger partial charge in [-0.3, -0.25) is 9.48 Å². The van der Waals surface area contributed by atoms with Crippen molar-refractivity contribution in [3.8, 4) is 0 Å². The van der Waals surface area contributed by atoms with Gasteiger partial charge in [0.05, 0.1) is 23.1 Å². The third-order valence-corrected chi connectivity index (χ3v) is 6.29. The lowest BCUT2D eigenvalue weighted by molar-refractivity contribution is -0.118. The number of anilines is 1. The van der Waals surface area contributed by atoms with Gasteiger partial charge in [-0.25, -0.2) is 4.98 Å². The predicted octanol–water partition coefficient (Wildman–Crippen LogP) is 3.85. The van der Waals surface area contributed by atoms with E-state index in [-0.39, 0.29) is 11.9 Å². The Hall–Kier alpha value is -2.32. The van der Waals surface area contributed by atoms with Gasteiger partial charge in [-0.2, -0.15) is 10.1 Å². The average molecular weight is 470 g/mol. The van der Waals surface area contributed by atoms with Crippen LogP contribution in [-0.4, -0.2) is 44.8 Å². The van der Waals surface area contributed by atoms with E-state index in [1.807, 2.05) is 29.1 Å². The molecule has 1 fully saturated rings. The minimum absolute atomic E-state index is 0.163. The summed E-state index contributed by atoms with van der Waals surface area (Å²) in [5.41, 5.74) is 3.44. The Bertz CT molecular complexity index is 1110. The van der Waals surface area contributed by atoms with Crippen molar-refractivity contribution in [3.63, 3.8) is 0 Å². The van der Waals surface area contributed by atoms with Crippen molar-refractivity contribution in [1.29, 1.82) is 0 Å². The highest BCUT2D eigenvalue weighted by Gasteiger charge is 2.35. The molecule has 2 aliphatic rings. The smallest absolute Gasteiger partial charge is 0.225 e. The number of Topliss-reactive ketones (excluding diaryl/α,β-unsaturated/α-hetero) is 1. The number of hydrogen-bond acceptors (Lipinski definition) is 6. The minimum Gasteiger partial charge on any atom is -0.376 e. The molecule has 0 amide bonds. The molecule has 3 aromatic rings. The van der Waals surface area contributed by atoms with E-state index in [4.69, 9.17) is 9.72 Å². The molecule has 8 heteroatoms. The highest BCUT2D eigenvalue weighted by Crippen LogP contribution is 2.39. The zero-order valence-electron chi connectivity index (χ0n) is 16.9. The van der Waals surface area contributed by atoms with Gasteiger partial charge >= 0.3 is 0 Å². The number of benzene rings is 1. The largest absolute Gasteiger partial charge is 0.376 e. The van der Waals surface area contributed by atoms with Crippen molar-refractivity contribution in [2.75, 3.05) is 18.5 Å². The summed E-state index contributed by atoms with van der Waals surface area (Å²) in [6.45, 7) is 4.37. The standard InChI is InChI=1S/C22H24BrN5O2/c1-2-7-28-12-17-20(19-16-10-14(23)6-5-13(16)9-18(19)29)25-22(26-21(17)27-28)24-11-15-4-3-8-30-15/h5-6,10,12,15,19H,2-4,7-9,11H2,1H3,(H,24,26,27)/t15-,19?/m1/s1. The minimum atomic E-state index is -0.398. The van der Waals surface area contributed by atoms with Gasteiger partial charge in [0.25, 0.3) is 0 Å². The van der Waals surface area contributed by atoms with E-state index < -0.39 is 5.92 Å². The average Bonchev–Trinajstić information content (AvgIpc) is 3.44. The maximum Gasteiger partial charge on any atom is 0.225 e. The third-order valence-electron chi connectivity index (χ3n) is 5.80. The molecule has 7 nitrogen and oxygen atoms in total. The molecule has 1 aliphatic heterocycles. The van der Waals surface area contributed by atoms with Crippen LogP contribution in [0.1, 0.15) is 48.9 Å². The molecule has 2 aromatic heterocycles. The molecule has 156 valence electrons. The fraction of sp³-hybridized carbons (Fsp3) is 0.455. The Morgan fingerprint density at radius 1 is 1.33 bits per heavy atom. The number of rotatable bonds is 6. The molecule has 0 bridgehead atoms. The van der Waals surface area contributed by atoms with Crippen LogP contribution in [0.5, 0.6) is 0 Å². The van der Waals surface area contributed by atoms with E-state index in [1.165, 1.54) is 0 Å². The van der Waals surface area contributed by atoms with E-state index in [2.05, 4.69) is 38.3 Å². The maximum atomic E-state index is 13.1. The first-order valence-electron chi connectivity index (χ1n) is 10.5. The number of ketones is 1.